The summed E-state index contributed by atoms with van der Waals surface area (Å²) in [5.41, 5.74) is 3.48. The second-order valence-corrected chi connectivity index (χ2v) is 6.64. The molecule has 2 aromatic rings. The van der Waals surface area contributed by atoms with Crippen LogP contribution in [0.15, 0.2) is 18.5 Å². The van der Waals surface area contributed by atoms with E-state index in [1.165, 1.54) is 5.56 Å². The van der Waals surface area contributed by atoms with Crippen LogP contribution >= 0.6 is 0 Å². The molecule has 0 saturated heterocycles. The second kappa shape index (κ2) is 3.56. The van der Waals surface area contributed by atoms with Crippen molar-refractivity contribution >= 4 is 5.65 Å². The largest absolute Gasteiger partial charge is 0.233 e. The van der Waals surface area contributed by atoms with Crippen molar-refractivity contribution < 1.29 is 0 Å². The van der Waals surface area contributed by atoms with Crippen LogP contribution in [-0.4, -0.2) is 14.6 Å². The first-order valence-corrected chi connectivity index (χ1v) is 6.05. The van der Waals surface area contributed by atoms with Crippen molar-refractivity contribution in [2.75, 3.05) is 0 Å². The first kappa shape index (κ1) is 12.1. The van der Waals surface area contributed by atoms with Gasteiger partial charge in [-0.1, -0.05) is 41.5 Å². The Morgan fingerprint density at radius 3 is 2.18 bits per heavy atom. The van der Waals surface area contributed by atoms with E-state index in [4.69, 9.17) is 4.98 Å². The van der Waals surface area contributed by atoms with Crippen molar-refractivity contribution in [2.24, 2.45) is 0 Å². The van der Waals surface area contributed by atoms with E-state index in [-0.39, 0.29) is 10.8 Å². The fourth-order valence-corrected chi connectivity index (χ4v) is 1.97. The van der Waals surface area contributed by atoms with Gasteiger partial charge >= 0.3 is 0 Å². The fourth-order valence-electron chi connectivity index (χ4n) is 1.97. The summed E-state index contributed by atoms with van der Waals surface area (Å²) < 4.78 is 1.86. The number of aromatic nitrogens is 3. The molecule has 2 heterocycles. The lowest BCUT2D eigenvalue weighted by atomic mass is 9.79. The number of hydrogen-bond acceptors (Lipinski definition) is 2. The fraction of sp³-hybridized carbons (Fsp3) is 0.571. The number of hydrogen-bond donors (Lipinski definition) is 0. The van der Waals surface area contributed by atoms with E-state index in [0.29, 0.717) is 0 Å². The maximum Gasteiger partial charge on any atom is 0.155 e. The highest BCUT2D eigenvalue weighted by Crippen LogP contribution is 2.32. The summed E-state index contributed by atoms with van der Waals surface area (Å²) in [5, 5.41) is 4.27. The van der Waals surface area contributed by atoms with Crippen LogP contribution in [0.5, 0.6) is 0 Å². The minimum absolute atomic E-state index is 0.0502. The van der Waals surface area contributed by atoms with Crippen LogP contribution in [0, 0.1) is 0 Å². The summed E-state index contributed by atoms with van der Waals surface area (Å²) in [6, 6.07) is 1.95. The molecule has 0 N–H and O–H groups in total. The van der Waals surface area contributed by atoms with Crippen LogP contribution in [0.25, 0.3) is 5.65 Å². The molecule has 0 aliphatic carbocycles. The zero-order valence-corrected chi connectivity index (χ0v) is 11.6. The summed E-state index contributed by atoms with van der Waals surface area (Å²) >= 11 is 0. The van der Waals surface area contributed by atoms with Gasteiger partial charge in [0.15, 0.2) is 5.65 Å². The Labute approximate surface area is 103 Å². The van der Waals surface area contributed by atoms with Gasteiger partial charge in [-0.05, 0) is 11.0 Å². The number of fused-ring (bicyclic) bond motifs is 1. The third-order valence-corrected chi connectivity index (χ3v) is 2.90. The Morgan fingerprint density at radius 1 is 1.00 bits per heavy atom. The molecule has 0 unspecified atom stereocenters. The zero-order valence-electron chi connectivity index (χ0n) is 11.6. The minimum atomic E-state index is 0.0502. The van der Waals surface area contributed by atoms with E-state index >= 15 is 0 Å². The average Bonchev–Trinajstić information content (AvgIpc) is 2.59. The molecule has 0 radical (unpaired) electrons. The lowest BCUT2D eigenvalue weighted by molar-refractivity contribution is 0.510. The molecule has 2 rings (SSSR count). The molecule has 0 aromatic carbocycles. The zero-order chi connectivity index (χ0) is 12.8. The monoisotopic (exact) mass is 231 g/mol. The molecule has 92 valence electrons. The smallest absolute Gasteiger partial charge is 0.155 e. The number of nitrogens with zero attached hydrogens (tertiary/aromatic N) is 3. The molecule has 2 aromatic heterocycles. The van der Waals surface area contributed by atoms with E-state index in [1.807, 2.05) is 10.6 Å². The van der Waals surface area contributed by atoms with Crippen molar-refractivity contribution in [1.82, 2.24) is 14.6 Å². The van der Waals surface area contributed by atoms with Crippen molar-refractivity contribution in [1.29, 1.82) is 0 Å². The third-order valence-electron chi connectivity index (χ3n) is 2.90. The molecular formula is C14H21N3. The molecule has 0 atom stereocenters. The van der Waals surface area contributed by atoms with Gasteiger partial charge in [0.1, 0.15) is 0 Å². The Morgan fingerprint density at radius 2 is 1.65 bits per heavy atom. The van der Waals surface area contributed by atoms with Gasteiger partial charge in [-0.15, -0.1) is 0 Å². The highest BCUT2D eigenvalue weighted by Gasteiger charge is 2.27. The predicted octanol–water partition coefficient (Wildman–Crippen LogP) is 3.32. The van der Waals surface area contributed by atoms with E-state index in [0.717, 1.165) is 11.3 Å². The standard InChI is InChI=1S/C14H21N3/c1-13(2,3)10-9-17-11(7-8-15-17)16-12(10)14(4,5)6/h7-9H,1-6H3. The summed E-state index contributed by atoms with van der Waals surface area (Å²) in [6.45, 7) is 13.3. The van der Waals surface area contributed by atoms with Gasteiger partial charge in [0.25, 0.3) is 0 Å². The molecule has 0 spiro atoms. The average molecular weight is 231 g/mol. The second-order valence-electron chi connectivity index (χ2n) is 6.64. The van der Waals surface area contributed by atoms with Gasteiger partial charge in [0.05, 0.1) is 11.9 Å². The molecule has 3 nitrogen and oxygen atoms in total. The summed E-state index contributed by atoms with van der Waals surface area (Å²) in [4.78, 5) is 4.77. The van der Waals surface area contributed by atoms with E-state index < -0.39 is 0 Å². The Bertz CT molecular complexity index is 491. The number of rotatable bonds is 0. The van der Waals surface area contributed by atoms with Gasteiger partial charge in [-0.3, -0.25) is 0 Å². The topological polar surface area (TPSA) is 30.2 Å². The normalized spacial score (nSPS) is 13.3. The molecule has 3 heteroatoms. The van der Waals surface area contributed by atoms with Crippen LogP contribution in [-0.2, 0) is 10.8 Å². The van der Waals surface area contributed by atoms with Crippen LogP contribution in [0.4, 0.5) is 0 Å². The van der Waals surface area contributed by atoms with Crippen molar-refractivity contribution in [3.05, 3.63) is 29.7 Å². The maximum atomic E-state index is 4.77. The molecule has 0 amide bonds. The third kappa shape index (κ3) is 2.19. The summed E-state index contributed by atoms with van der Waals surface area (Å²) in [6.07, 6.45) is 3.91. The van der Waals surface area contributed by atoms with Crippen molar-refractivity contribution in [3.8, 4) is 0 Å². The minimum Gasteiger partial charge on any atom is -0.233 e. The summed E-state index contributed by atoms with van der Waals surface area (Å²) in [5.74, 6) is 0. The van der Waals surface area contributed by atoms with Gasteiger partial charge in [0.2, 0.25) is 0 Å². The lowest BCUT2D eigenvalue weighted by Gasteiger charge is -2.28. The molecule has 0 aliphatic heterocycles. The van der Waals surface area contributed by atoms with Crippen LogP contribution in [0.2, 0.25) is 0 Å². The quantitative estimate of drug-likeness (QED) is 0.696. The Hall–Kier alpha value is -1.38. The summed E-state index contributed by atoms with van der Waals surface area (Å²) in [7, 11) is 0. The first-order valence-electron chi connectivity index (χ1n) is 6.05. The lowest BCUT2D eigenvalue weighted by Crippen LogP contribution is -2.24. The van der Waals surface area contributed by atoms with Crippen LogP contribution in [0.1, 0.15) is 52.8 Å². The molecular weight excluding hydrogens is 210 g/mol. The molecule has 17 heavy (non-hydrogen) atoms. The highest BCUT2D eigenvalue weighted by molar-refractivity contribution is 5.42. The van der Waals surface area contributed by atoms with Gasteiger partial charge in [0, 0.05) is 17.7 Å². The highest BCUT2D eigenvalue weighted by atomic mass is 15.2. The van der Waals surface area contributed by atoms with E-state index in [9.17, 15) is 0 Å². The van der Waals surface area contributed by atoms with Gasteiger partial charge in [-0.2, -0.15) is 5.10 Å². The Balaban J connectivity index is 2.78. The predicted molar refractivity (Wildman–Crippen MR) is 70.4 cm³/mol. The molecule has 0 bridgehead atoms. The maximum absolute atomic E-state index is 4.77. The van der Waals surface area contributed by atoms with Crippen molar-refractivity contribution in [2.45, 2.75) is 52.4 Å². The molecule has 0 saturated carbocycles. The van der Waals surface area contributed by atoms with Gasteiger partial charge in [-0.25, -0.2) is 9.50 Å². The van der Waals surface area contributed by atoms with E-state index in [2.05, 4.69) is 52.8 Å². The van der Waals surface area contributed by atoms with Crippen molar-refractivity contribution in [3.63, 3.8) is 0 Å². The van der Waals surface area contributed by atoms with Crippen LogP contribution in [0.3, 0.4) is 0 Å². The van der Waals surface area contributed by atoms with E-state index in [1.54, 1.807) is 6.20 Å². The molecule has 0 aliphatic rings. The Kier molecular flexibility index (Phi) is 2.53. The first-order chi connectivity index (χ1) is 7.69. The SMILES string of the molecule is CC(C)(C)c1cn2nccc2nc1C(C)(C)C. The van der Waals surface area contributed by atoms with Gasteiger partial charge < -0.3 is 0 Å². The molecule has 0 fully saturated rings. The van der Waals surface area contributed by atoms with Crippen LogP contribution < -0.4 is 0 Å².